The minimum Gasteiger partial charge on any atom is -0.352 e. The van der Waals surface area contributed by atoms with Gasteiger partial charge in [0.15, 0.2) is 0 Å². The SMILES string of the molecule is CCc1ccc(C(=O)N2CCN(c3c(-c4ccccc4)cnc4ncnn34)CC2)cc1. The molecule has 4 aromatic rings. The Labute approximate surface area is 181 Å². The largest absolute Gasteiger partial charge is 0.352 e. The maximum atomic E-state index is 13.0. The van der Waals surface area contributed by atoms with Gasteiger partial charge in [-0.15, -0.1) is 0 Å². The van der Waals surface area contributed by atoms with Gasteiger partial charge in [0.1, 0.15) is 12.1 Å². The molecule has 2 aromatic heterocycles. The third-order valence-corrected chi connectivity index (χ3v) is 5.84. The molecule has 0 saturated carbocycles. The molecular formula is C24H24N6O. The topological polar surface area (TPSA) is 66.6 Å². The second-order valence-electron chi connectivity index (χ2n) is 7.66. The number of piperazine rings is 1. The van der Waals surface area contributed by atoms with Gasteiger partial charge in [0.25, 0.3) is 11.7 Å². The summed E-state index contributed by atoms with van der Waals surface area (Å²) in [6, 6.07) is 18.1. The van der Waals surface area contributed by atoms with Crippen LogP contribution >= 0.6 is 0 Å². The Morgan fingerprint density at radius 1 is 0.935 bits per heavy atom. The van der Waals surface area contributed by atoms with Crippen LogP contribution in [0.4, 0.5) is 5.82 Å². The third kappa shape index (κ3) is 3.63. The lowest BCUT2D eigenvalue weighted by Gasteiger charge is -2.36. The van der Waals surface area contributed by atoms with E-state index in [9.17, 15) is 4.79 Å². The monoisotopic (exact) mass is 412 g/mol. The van der Waals surface area contributed by atoms with Gasteiger partial charge >= 0.3 is 0 Å². The first kappa shape index (κ1) is 19.2. The van der Waals surface area contributed by atoms with Crippen molar-refractivity contribution in [3.8, 4) is 11.1 Å². The summed E-state index contributed by atoms with van der Waals surface area (Å²) in [6.45, 7) is 4.86. The summed E-state index contributed by atoms with van der Waals surface area (Å²) in [5, 5.41) is 4.42. The molecule has 0 aliphatic carbocycles. The van der Waals surface area contributed by atoms with Gasteiger partial charge < -0.3 is 9.80 Å². The summed E-state index contributed by atoms with van der Waals surface area (Å²) in [5.41, 5.74) is 4.08. The predicted octanol–water partition coefficient (Wildman–Crippen LogP) is 3.32. The van der Waals surface area contributed by atoms with Crippen LogP contribution in [0.3, 0.4) is 0 Å². The minimum atomic E-state index is 0.0891. The van der Waals surface area contributed by atoms with Crippen LogP contribution in [0.25, 0.3) is 16.9 Å². The lowest BCUT2D eigenvalue weighted by molar-refractivity contribution is 0.0746. The minimum absolute atomic E-state index is 0.0891. The molecule has 0 atom stereocenters. The standard InChI is InChI=1S/C24H24N6O/c1-2-18-8-10-20(11-9-18)23(31)29-14-12-28(13-15-29)22-21(19-6-4-3-5-7-19)16-25-24-26-17-27-30(22)24/h3-11,16-17H,2,12-15H2,1H3. The van der Waals surface area contributed by atoms with Gasteiger partial charge in [-0.3, -0.25) is 4.79 Å². The molecule has 156 valence electrons. The lowest BCUT2D eigenvalue weighted by Crippen LogP contribution is -2.49. The average Bonchev–Trinajstić information content (AvgIpc) is 3.33. The van der Waals surface area contributed by atoms with Crippen molar-refractivity contribution < 1.29 is 4.79 Å². The molecule has 3 heterocycles. The summed E-state index contributed by atoms with van der Waals surface area (Å²) < 4.78 is 1.79. The first-order valence-electron chi connectivity index (χ1n) is 10.6. The second kappa shape index (κ2) is 8.18. The van der Waals surface area contributed by atoms with Gasteiger partial charge in [-0.05, 0) is 29.7 Å². The molecular weight excluding hydrogens is 388 g/mol. The van der Waals surface area contributed by atoms with Crippen LogP contribution in [-0.2, 0) is 6.42 Å². The van der Waals surface area contributed by atoms with Crippen molar-refractivity contribution in [2.75, 3.05) is 31.1 Å². The van der Waals surface area contributed by atoms with E-state index in [-0.39, 0.29) is 5.91 Å². The highest BCUT2D eigenvalue weighted by atomic mass is 16.2. The van der Waals surface area contributed by atoms with E-state index in [1.165, 1.54) is 11.9 Å². The quantitative estimate of drug-likeness (QED) is 0.514. The van der Waals surface area contributed by atoms with Gasteiger partial charge in [0.2, 0.25) is 0 Å². The normalized spacial score (nSPS) is 14.2. The Bertz CT molecular complexity index is 1190. The molecule has 2 aromatic carbocycles. The molecule has 1 aliphatic rings. The first-order chi connectivity index (χ1) is 15.2. The van der Waals surface area contributed by atoms with Crippen LogP contribution in [-0.4, -0.2) is 56.6 Å². The molecule has 7 nitrogen and oxygen atoms in total. The zero-order valence-electron chi connectivity index (χ0n) is 17.5. The van der Waals surface area contributed by atoms with Crippen molar-refractivity contribution in [3.63, 3.8) is 0 Å². The number of amides is 1. The Morgan fingerprint density at radius 2 is 1.68 bits per heavy atom. The number of anilines is 1. The van der Waals surface area contributed by atoms with E-state index in [2.05, 4.69) is 39.0 Å². The van der Waals surface area contributed by atoms with Crippen LogP contribution in [0.1, 0.15) is 22.8 Å². The molecule has 1 amide bonds. The van der Waals surface area contributed by atoms with E-state index in [1.54, 1.807) is 4.52 Å². The van der Waals surface area contributed by atoms with E-state index in [0.717, 1.165) is 42.0 Å². The van der Waals surface area contributed by atoms with Crippen molar-refractivity contribution in [1.82, 2.24) is 24.5 Å². The number of fused-ring (bicyclic) bond motifs is 1. The lowest BCUT2D eigenvalue weighted by atomic mass is 10.1. The number of carbonyl (C=O) groups is 1. The van der Waals surface area contributed by atoms with Gasteiger partial charge in [-0.1, -0.05) is 49.4 Å². The molecule has 0 unspecified atom stereocenters. The fourth-order valence-electron chi connectivity index (χ4n) is 4.08. The summed E-state index contributed by atoms with van der Waals surface area (Å²) in [7, 11) is 0. The van der Waals surface area contributed by atoms with Crippen LogP contribution in [0, 0.1) is 0 Å². The Hall–Kier alpha value is -3.74. The summed E-state index contributed by atoms with van der Waals surface area (Å²) in [6.07, 6.45) is 4.36. The number of rotatable bonds is 4. The van der Waals surface area contributed by atoms with Gasteiger partial charge in [-0.2, -0.15) is 14.6 Å². The predicted molar refractivity (Wildman–Crippen MR) is 120 cm³/mol. The van der Waals surface area contributed by atoms with Crippen LogP contribution < -0.4 is 4.90 Å². The molecule has 0 spiro atoms. The van der Waals surface area contributed by atoms with Crippen LogP contribution in [0.15, 0.2) is 67.1 Å². The van der Waals surface area contributed by atoms with E-state index in [1.807, 2.05) is 53.6 Å². The molecule has 0 bridgehead atoms. The van der Waals surface area contributed by atoms with E-state index < -0.39 is 0 Å². The van der Waals surface area contributed by atoms with E-state index in [0.29, 0.717) is 18.9 Å². The summed E-state index contributed by atoms with van der Waals surface area (Å²) in [5.74, 6) is 1.63. The number of benzene rings is 2. The Morgan fingerprint density at radius 3 is 2.39 bits per heavy atom. The molecule has 0 N–H and O–H groups in total. The van der Waals surface area contributed by atoms with Gasteiger partial charge in [-0.25, -0.2) is 4.98 Å². The highest BCUT2D eigenvalue weighted by Crippen LogP contribution is 2.31. The number of carbonyl (C=O) groups excluding carboxylic acids is 1. The summed E-state index contributed by atoms with van der Waals surface area (Å²) in [4.78, 5) is 25.9. The number of hydrogen-bond donors (Lipinski definition) is 0. The zero-order chi connectivity index (χ0) is 21.2. The maximum absolute atomic E-state index is 13.0. The number of aromatic nitrogens is 4. The van der Waals surface area contributed by atoms with Crippen molar-refractivity contribution in [1.29, 1.82) is 0 Å². The van der Waals surface area contributed by atoms with Crippen molar-refractivity contribution in [3.05, 3.63) is 78.2 Å². The Kier molecular flexibility index (Phi) is 5.08. The summed E-state index contributed by atoms with van der Waals surface area (Å²) >= 11 is 0. The molecule has 1 aliphatic heterocycles. The van der Waals surface area contributed by atoms with Crippen molar-refractivity contribution in [2.24, 2.45) is 0 Å². The molecule has 31 heavy (non-hydrogen) atoms. The first-order valence-corrected chi connectivity index (χ1v) is 10.6. The fraction of sp³-hybridized carbons (Fsp3) is 0.250. The maximum Gasteiger partial charge on any atom is 0.254 e. The smallest absolute Gasteiger partial charge is 0.254 e. The molecule has 1 saturated heterocycles. The zero-order valence-corrected chi connectivity index (χ0v) is 17.5. The second-order valence-corrected chi connectivity index (χ2v) is 7.66. The number of nitrogens with zero attached hydrogens (tertiary/aromatic N) is 6. The van der Waals surface area contributed by atoms with E-state index in [4.69, 9.17) is 0 Å². The highest BCUT2D eigenvalue weighted by Gasteiger charge is 2.26. The molecule has 7 heteroatoms. The van der Waals surface area contributed by atoms with Gasteiger partial charge in [0.05, 0.1) is 0 Å². The molecule has 0 radical (unpaired) electrons. The third-order valence-electron chi connectivity index (χ3n) is 5.84. The average molecular weight is 412 g/mol. The van der Waals surface area contributed by atoms with Gasteiger partial charge in [0, 0.05) is 43.5 Å². The van der Waals surface area contributed by atoms with Crippen molar-refractivity contribution in [2.45, 2.75) is 13.3 Å². The van der Waals surface area contributed by atoms with E-state index >= 15 is 0 Å². The highest BCUT2D eigenvalue weighted by molar-refractivity contribution is 5.94. The van der Waals surface area contributed by atoms with Crippen molar-refractivity contribution >= 4 is 17.5 Å². The number of hydrogen-bond acceptors (Lipinski definition) is 5. The molecule has 1 fully saturated rings. The number of aryl methyl sites for hydroxylation is 1. The van der Waals surface area contributed by atoms with Crippen LogP contribution in [0.2, 0.25) is 0 Å². The fourth-order valence-corrected chi connectivity index (χ4v) is 4.08. The van der Waals surface area contributed by atoms with Crippen LogP contribution in [0.5, 0.6) is 0 Å². The molecule has 5 rings (SSSR count). The Balaban J connectivity index is 1.40.